The molecule has 1 rings (SSSR count). The molecular formula is C9H12N2O4. The molecule has 1 atom stereocenters. The summed E-state index contributed by atoms with van der Waals surface area (Å²) in [6, 6.07) is -0.427. The van der Waals surface area contributed by atoms with Gasteiger partial charge in [-0.3, -0.25) is 9.59 Å². The summed E-state index contributed by atoms with van der Waals surface area (Å²) in [5.74, 6) is -0.914. The molecule has 0 aliphatic rings. The van der Waals surface area contributed by atoms with E-state index in [4.69, 9.17) is 9.63 Å². The number of aryl methyl sites for hydroxylation is 1. The molecule has 82 valence electrons. The molecular weight excluding hydrogens is 200 g/mol. The molecule has 1 aromatic rings. The van der Waals surface area contributed by atoms with E-state index in [2.05, 4.69) is 10.5 Å². The lowest BCUT2D eigenvalue weighted by Crippen LogP contribution is -2.34. The Bertz CT molecular complexity index is 372. The highest BCUT2D eigenvalue weighted by molar-refractivity contribution is 5.95. The van der Waals surface area contributed by atoms with Gasteiger partial charge in [-0.15, -0.1) is 0 Å². The summed E-state index contributed by atoms with van der Waals surface area (Å²) < 4.78 is 4.72. The van der Waals surface area contributed by atoms with Gasteiger partial charge in [-0.2, -0.15) is 0 Å². The third-order valence-corrected chi connectivity index (χ3v) is 1.85. The van der Waals surface area contributed by atoms with Gasteiger partial charge in [0.25, 0.3) is 5.91 Å². The Morgan fingerprint density at radius 1 is 1.67 bits per heavy atom. The summed E-state index contributed by atoms with van der Waals surface area (Å²) >= 11 is 0. The monoisotopic (exact) mass is 212 g/mol. The zero-order valence-electron chi connectivity index (χ0n) is 8.48. The summed E-state index contributed by atoms with van der Waals surface area (Å²) in [5, 5.41) is 14.5. The van der Waals surface area contributed by atoms with Crippen LogP contribution in [0.4, 0.5) is 0 Å². The zero-order chi connectivity index (χ0) is 11.4. The number of carbonyl (C=O) groups excluding carboxylic acids is 1. The van der Waals surface area contributed by atoms with Crippen molar-refractivity contribution in [2.45, 2.75) is 26.3 Å². The lowest BCUT2D eigenvalue weighted by atomic mass is 10.2. The molecule has 0 aliphatic heterocycles. The second kappa shape index (κ2) is 4.59. The maximum absolute atomic E-state index is 11.5. The first kappa shape index (κ1) is 11.2. The van der Waals surface area contributed by atoms with Crippen molar-refractivity contribution in [1.82, 2.24) is 10.5 Å². The highest BCUT2D eigenvalue weighted by atomic mass is 16.5. The van der Waals surface area contributed by atoms with Gasteiger partial charge >= 0.3 is 5.97 Å². The molecule has 1 heterocycles. The van der Waals surface area contributed by atoms with Gasteiger partial charge in [0.05, 0.1) is 12.6 Å². The number of carboxylic acid groups (broad SMARTS) is 1. The van der Waals surface area contributed by atoms with Crippen molar-refractivity contribution in [3.63, 3.8) is 0 Å². The Morgan fingerprint density at radius 3 is 2.80 bits per heavy atom. The van der Waals surface area contributed by atoms with Gasteiger partial charge in [0.15, 0.2) is 0 Å². The van der Waals surface area contributed by atoms with Crippen LogP contribution in [0.25, 0.3) is 0 Å². The number of amides is 1. The molecule has 0 aliphatic carbocycles. The first-order valence-corrected chi connectivity index (χ1v) is 4.44. The van der Waals surface area contributed by atoms with Crippen LogP contribution in [0.3, 0.4) is 0 Å². The van der Waals surface area contributed by atoms with Crippen LogP contribution in [0.5, 0.6) is 0 Å². The standard InChI is InChI=1S/C9H12N2O4/c1-5(3-8(12)13)11-9(14)7-4-10-15-6(7)2/h4-5H,3H2,1-2H3,(H,11,14)(H,12,13). The van der Waals surface area contributed by atoms with Crippen molar-refractivity contribution in [3.05, 3.63) is 17.5 Å². The predicted octanol–water partition coefficient (Wildman–Crippen LogP) is 0.576. The summed E-state index contributed by atoms with van der Waals surface area (Å²) in [7, 11) is 0. The van der Waals surface area contributed by atoms with Gasteiger partial charge in [0.2, 0.25) is 0 Å². The van der Waals surface area contributed by atoms with E-state index in [-0.39, 0.29) is 12.3 Å². The molecule has 0 fully saturated rings. The van der Waals surface area contributed by atoms with Gasteiger partial charge in [-0.05, 0) is 13.8 Å². The van der Waals surface area contributed by atoms with Gasteiger partial charge in [0.1, 0.15) is 11.3 Å². The van der Waals surface area contributed by atoms with Gasteiger partial charge in [0, 0.05) is 6.04 Å². The zero-order valence-corrected chi connectivity index (χ0v) is 8.48. The number of aliphatic carboxylic acids is 1. The number of nitrogens with one attached hydrogen (secondary N) is 1. The molecule has 0 saturated carbocycles. The smallest absolute Gasteiger partial charge is 0.305 e. The van der Waals surface area contributed by atoms with Crippen LogP contribution in [-0.4, -0.2) is 28.2 Å². The molecule has 0 aromatic carbocycles. The lowest BCUT2D eigenvalue weighted by Gasteiger charge is -2.10. The quantitative estimate of drug-likeness (QED) is 0.761. The first-order valence-electron chi connectivity index (χ1n) is 4.44. The number of nitrogens with zero attached hydrogens (tertiary/aromatic N) is 1. The van der Waals surface area contributed by atoms with Gasteiger partial charge in [-0.25, -0.2) is 0 Å². The minimum Gasteiger partial charge on any atom is -0.481 e. The number of hydrogen-bond acceptors (Lipinski definition) is 4. The molecule has 1 aromatic heterocycles. The lowest BCUT2D eigenvalue weighted by molar-refractivity contribution is -0.137. The molecule has 0 saturated heterocycles. The third kappa shape index (κ3) is 3.08. The molecule has 1 unspecified atom stereocenters. The van der Waals surface area contributed by atoms with E-state index in [0.29, 0.717) is 11.3 Å². The van der Waals surface area contributed by atoms with Crippen LogP contribution < -0.4 is 5.32 Å². The van der Waals surface area contributed by atoms with E-state index < -0.39 is 12.0 Å². The Kier molecular flexibility index (Phi) is 3.43. The summed E-state index contributed by atoms with van der Waals surface area (Å²) in [6.07, 6.45) is 1.19. The maximum Gasteiger partial charge on any atom is 0.305 e. The molecule has 0 spiro atoms. The van der Waals surface area contributed by atoms with Crippen LogP contribution in [-0.2, 0) is 4.79 Å². The van der Waals surface area contributed by atoms with E-state index in [1.54, 1.807) is 13.8 Å². The van der Waals surface area contributed by atoms with Crippen LogP contribution in [0.2, 0.25) is 0 Å². The number of hydrogen-bond donors (Lipinski definition) is 2. The van der Waals surface area contributed by atoms with Crippen LogP contribution in [0.1, 0.15) is 29.5 Å². The Hall–Kier alpha value is -1.85. The minimum absolute atomic E-state index is 0.115. The van der Waals surface area contributed by atoms with E-state index >= 15 is 0 Å². The van der Waals surface area contributed by atoms with Crippen molar-refractivity contribution in [3.8, 4) is 0 Å². The topological polar surface area (TPSA) is 92.4 Å². The Morgan fingerprint density at radius 2 is 2.33 bits per heavy atom. The highest BCUT2D eigenvalue weighted by Crippen LogP contribution is 2.06. The molecule has 15 heavy (non-hydrogen) atoms. The second-order valence-electron chi connectivity index (χ2n) is 3.27. The highest BCUT2D eigenvalue weighted by Gasteiger charge is 2.16. The van der Waals surface area contributed by atoms with Crippen molar-refractivity contribution in [2.24, 2.45) is 0 Å². The van der Waals surface area contributed by atoms with E-state index in [9.17, 15) is 9.59 Å². The summed E-state index contributed by atoms with van der Waals surface area (Å²) in [5.41, 5.74) is 0.326. The fourth-order valence-corrected chi connectivity index (χ4v) is 1.13. The Labute approximate surface area is 86.3 Å². The number of rotatable bonds is 4. The average molecular weight is 212 g/mol. The second-order valence-corrected chi connectivity index (χ2v) is 3.27. The van der Waals surface area contributed by atoms with E-state index in [1.807, 2.05) is 0 Å². The maximum atomic E-state index is 11.5. The molecule has 2 N–H and O–H groups in total. The normalized spacial score (nSPS) is 12.1. The summed E-state index contributed by atoms with van der Waals surface area (Å²) in [6.45, 7) is 3.23. The average Bonchev–Trinajstić information content (AvgIpc) is 2.49. The fraction of sp³-hybridized carbons (Fsp3) is 0.444. The van der Waals surface area contributed by atoms with E-state index in [1.165, 1.54) is 6.20 Å². The number of carbonyl (C=O) groups is 2. The molecule has 6 nitrogen and oxygen atoms in total. The third-order valence-electron chi connectivity index (χ3n) is 1.85. The first-order chi connectivity index (χ1) is 7.00. The number of aromatic nitrogens is 1. The van der Waals surface area contributed by atoms with Gasteiger partial charge < -0.3 is 14.9 Å². The molecule has 1 amide bonds. The summed E-state index contributed by atoms with van der Waals surface area (Å²) in [4.78, 5) is 21.9. The predicted molar refractivity (Wildman–Crippen MR) is 50.4 cm³/mol. The fourth-order valence-electron chi connectivity index (χ4n) is 1.13. The van der Waals surface area contributed by atoms with Crippen LogP contribution in [0, 0.1) is 6.92 Å². The minimum atomic E-state index is -0.954. The van der Waals surface area contributed by atoms with E-state index in [0.717, 1.165) is 0 Å². The van der Waals surface area contributed by atoms with Gasteiger partial charge in [-0.1, -0.05) is 5.16 Å². The van der Waals surface area contributed by atoms with Crippen molar-refractivity contribution >= 4 is 11.9 Å². The van der Waals surface area contributed by atoms with Crippen molar-refractivity contribution < 1.29 is 19.2 Å². The molecule has 0 radical (unpaired) electrons. The SMILES string of the molecule is Cc1oncc1C(=O)NC(C)CC(=O)O. The van der Waals surface area contributed by atoms with Crippen LogP contribution in [0.15, 0.2) is 10.7 Å². The van der Waals surface area contributed by atoms with Crippen LogP contribution >= 0.6 is 0 Å². The molecule has 0 bridgehead atoms. The van der Waals surface area contributed by atoms with Crippen molar-refractivity contribution in [2.75, 3.05) is 0 Å². The largest absolute Gasteiger partial charge is 0.481 e. The Balaban J connectivity index is 2.56. The number of carboxylic acids is 1. The van der Waals surface area contributed by atoms with Crippen molar-refractivity contribution in [1.29, 1.82) is 0 Å². The molecule has 6 heteroatoms.